The van der Waals surface area contributed by atoms with Gasteiger partial charge in [0.15, 0.2) is 0 Å². The van der Waals surface area contributed by atoms with Gasteiger partial charge in [0, 0.05) is 32.7 Å². The first-order valence-electron chi connectivity index (χ1n) is 7.58. The van der Waals surface area contributed by atoms with E-state index >= 15 is 0 Å². The molecule has 3 nitrogen and oxygen atoms in total. The zero-order valence-electron chi connectivity index (χ0n) is 12.2. The number of benzene rings is 1. The molecule has 1 heterocycles. The van der Waals surface area contributed by atoms with Crippen molar-refractivity contribution in [2.75, 3.05) is 39.8 Å². The van der Waals surface area contributed by atoms with Crippen molar-refractivity contribution in [1.29, 1.82) is 0 Å². The van der Waals surface area contributed by atoms with E-state index in [-0.39, 0.29) is 11.4 Å². The summed E-state index contributed by atoms with van der Waals surface area (Å²) in [5, 5.41) is 0. The SMILES string of the molecule is CN1CCN(C2(CN)CCCc3cc(F)ccc32)CC1. The summed E-state index contributed by atoms with van der Waals surface area (Å²) < 4.78 is 13.5. The highest BCUT2D eigenvalue weighted by Gasteiger charge is 2.41. The zero-order valence-corrected chi connectivity index (χ0v) is 12.2. The van der Waals surface area contributed by atoms with Crippen molar-refractivity contribution >= 4 is 0 Å². The molecule has 0 spiro atoms. The Balaban J connectivity index is 1.97. The average molecular weight is 277 g/mol. The molecule has 1 aromatic rings. The maximum atomic E-state index is 13.5. The lowest BCUT2D eigenvalue weighted by Crippen LogP contribution is -2.58. The van der Waals surface area contributed by atoms with Crippen LogP contribution in [-0.4, -0.2) is 49.6 Å². The standard InChI is InChI=1S/C16H24FN3/c1-19-7-9-20(10-8-19)16(12-18)6-2-3-13-11-14(17)4-5-15(13)16/h4-5,11H,2-3,6-10,12,18H2,1H3. The highest BCUT2D eigenvalue weighted by molar-refractivity contribution is 5.37. The third kappa shape index (κ3) is 2.26. The molecule has 1 unspecified atom stereocenters. The monoisotopic (exact) mass is 277 g/mol. The van der Waals surface area contributed by atoms with E-state index in [1.165, 1.54) is 5.56 Å². The molecule has 1 aromatic carbocycles. The Kier molecular flexibility index (Phi) is 3.80. The maximum absolute atomic E-state index is 13.5. The molecule has 2 N–H and O–H groups in total. The molecule has 0 amide bonds. The van der Waals surface area contributed by atoms with Crippen LogP contribution in [-0.2, 0) is 12.0 Å². The van der Waals surface area contributed by atoms with Gasteiger partial charge in [0.25, 0.3) is 0 Å². The highest BCUT2D eigenvalue weighted by Crippen LogP contribution is 2.40. The second-order valence-corrected chi connectivity index (χ2v) is 6.18. The first-order valence-corrected chi connectivity index (χ1v) is 7.58. The number of nitrogens with zero attached hydrogens (tertiary/aromatic N) is 2. The molecule has 110 valence electrons. The molecule has 1 saturated heterocycles. The first-order chi connectivity index (χ1) is 9.65. The fraction of sp³-hybridized carbons (Fsp3) is 0.625. The fourth-order valence-corrected chi connectivity index (χ4v) is 3.83. The summed E-state index contributed by atoms with van der Waals surface area (Å²) in [6, 6.07) is 5.26. The zero-order chi connectivity index (χ0) is 14.2. The van der Waals surface area contributed by atoms with Crippen LogP contribution in [0.3, 0.4) is 0 Å². The number of nitrogens with two attached hydrogens (primary N) is 1. The predicted octanol–water partition coefficient (Wildman–Crippen LogP) is 1.56. The molecule has 1 fully saturated rings. The molecule has 2 aliphatic rings. The van der Waals surface area contributed by atoms with Crippen LogP contribution in [0.25, 0.3) is 0 Å². The molecule has 0 bridgehead atoms. The smallest absolute Gasteiger partial charge is 0.123 e. The number of likely N-dealkylation sites (N-methyl/N-ethyl adjacent to an activating group) is 1. The number of rotatable bonds is 2. The van der Waals surface area contributed by atoms with Crippen LogP contribution in [0, 0.1) is 5.82 Å². The molecule has 0 radical (unpaired) electrons. The van der Waals surface area contributed by atoms with Gasteiger partial charge in [-0.15, -0.1) is 0 Å². The molecule has 4 heteroatoms. The van der Waals surface area contributed by atoms with E-state index in [9.17, 15) is 4.39 Å². The summed E-state index contributed by atoms with van der Waals surface area (Å²) in [5.41, 5.74) is 8.54. The van der Waals surface area contributed by atoms with E-state index in [1.54, 1.807) is 12.1 Å². The molecule has 1 aliphatic heterocycles. The number of piperazine rings is 1. The van der Waals surface area contributed by atoms with Gasteiger partial charge < -0.3 is 10.6 Å². The van der Waals surface area contributed by atoms with E-state index in [0.717, 1.165) is 51.0 Å². The summed E-state index contributed by atoms with van der Waals surface area (Å²) >= 11 is 0. The van der Waals surface area contributed by atoms with Crippen LogP contribution >= 0.6 is 0 Å². The van der Waals surface area contributed by atoms with E-state index in [0.29, 0.717) is 6.54 Å². The quantitative estimate of drug-likeness (QED) is 0.890. The van der Waals surface area contributed by atoms with Gasteiger partial charge in [-0.05, 0) is 49.6 Å². The van der Waals surface area contributed by atoms with E-state index < -0.39 is 0 Å². The predicted molar refractivity (Wildman–Crippen MR) is 79.1 cm³/mol. The van der Waals surface area contributed by atoms with Crippen molar-refractivity contribution in [1.82, 2.24) is 9.80 Å². The van der Waals surface area contributed by atoms with Crippen LogP contribution in [0.2, 0.25) is 0 Å². The van der Waals surface area contributed by atoms with Crippen molar-refractivity contribution in [3.8, 4) is 0 Å². The summed E-state index contributed by atoms with van der Waals surface area (Å²) in [6.45, 7) is 4.88. The second kappa shape index (κ2) is 5.43. The van der Waals surface area contributed by atoms with Crippen LogP contribution < -0.4 is 5.73 Å². The molecular formula is C16H24FN3. The third-order valence-corrected chi connectivity index (χ3v) is 5.05. The Morgan fingerprint density at radius 2 is 2.00 bits per heavy atom. The molecule has 1 aliphatic carbocycles. The van der Waals surface area contributed by atoms with E-state index in [1.807, 2.05) is 6.07 Å². The third-order valence-electron chi connectivity index (χ3n) is 5.05. The lowest BCUT2D eigenvalue weighted by Gasteiger charge is -2.49. The lowest BCUT2D eigenvalue weighted by molar-refractivity contribution is 0.0299. The fourth-order valence-electron chi connectivity index (χ4n) is 3.83. The Hall–Kier alpha value is -0.970. The van der Waals surface area contributed by atoms with Crippen molar-refractivity contribution in [3.05, 3.63) is 35.1 Å². The minimum absolute atomic E-state index is 0.0808. The number of hydrogen-bond donors (Lipinski definition) is 1. The molecule has 3 rings (SSSR count). The van der Waals surface area contributed by atoms with Gasteiger partial charge in [0.1, 0.15) is 5.82 Å². The van der Waals surface area contributed by atoms with Gasteiger partial charge in [0.2, 0.25) is 0 Å². The summed E-state index contributed by atoms with van der Waals surface area (Å²) in [5.74, 6) is -0.130. The van der Waals surface area contributed by atoms with Gasteiger partial charge in [-0.25, -0.2) is 4.39 Å². The van der Waals surface area contributed by atoms with Gasteiger partial charge in [-0.2, -0.15) is 0 Å². The number of aryl methyl sites for hydroxylation is 1. The Morgan fingerprint density at radius 3 is 2.70 bits per heavy atom. The largest absolute Gasteiger partial charge is 0.328 e. The van der Waals surface area contributed by atoms with Crippen LogP contribution in [0.15, 0.2) is 18.2 Å². The Bertz CT molecular complexity index is 483. The minimum atomic E-state index is -0.130. The van der Waals surface area contributed by atoms with Crippen LogP contribution in [0.5, 0.6) is 0 Å². The van der Waals surface area contributed by atoms with Gasteiger partial charge in [-0.3, -0.25) is 4.90 Å². The summed E-state index contributed by atoms with van der Waals surface area (Å²) in [7, 11) is 2.16. The average Bonchev–Trinajstić information content (AvgIpc) is 2.47. The minimum Gasteiger partial charge on any atom is -0.328 e. The maximum Gasteiger partial charge on any atom is 0.123 e. The van der Waals surface area contributed by atoms with Gasteiger partial charge >= 0.3 is 0 Å². The second-order valence-electron chi connectivity index (χ2n) is 6.18. The van der Waals surface area contributed by atoms with Crippen molar-refractivity contribution in [3.63, 3.8) is 0 Å². The lowest BCUT2D eigenvalue weighted by atomic mass is 9.75. The number of halogens is 1. The number of fused-ring (bicyclic) bond motifs is 1. The van der Waals surface area contributed by atoms with Gasteiger partial charge in [0.05, 0.1) is 5.54 Å². The molecule has 20 heavy (non-hydrogen) atoms. The highest BCUT2D eigenvalue weighted by atomic mass is 19.1. The normalized spacial score (nSPS) is 28.4. The van der Waals surface area contributed by atoms with Crippen molar-refractivity contribution < 1.29 is 4.39 Å². The van der Waals surface area contributed by atoms with Crippen LogP contribution in [0.4, 0.5) is 4.39 Å². The van der Waals surface area contributed by atoms with Crippen molar-refractivity contribution in [2.24, 2.45) is 5.73 Å². The van der Waals surface area contributed by atoms with Crippen LogP contribution in [0.1, 0.15) is 24.0 Å². The van der Waals surface area contributed by atoms with Crippen molar-refractivity contribution in [2.45, 2.75) is 24.8 Å². The molecule has 1 atom stereocenters. The molecule has 0 saturated carbocycles. The van der Waals surface area contributed by atoms with E-state index in [2.05, 4.69) is 16.8 Å². The Morgan fingerprint density at radius 1 is 1.25 bits per heavy atom. The summed E-state index contributed by atoms with van der Waals surface area (Å²) in [4.78, 5) is 4.89. The first kappa shape index (κ1) is 14.0. The summed E-state index contributed by atoms with van der Waals surface area (Å²) in [6.07, 6.45) is 3.16. The van der Waals surface area contributed by atoms with E-state index in [4.69, 9.17) is 5.73 Å². The Labute approximate surface area is 120 Å². The number of hydrogen-bond acceptors (Lipinski definition) is 3. The van der Waals surface area contributed by atoms with Gasteiger partial charge in [-0.1, -0.05) is 6.07 Å². The topological polar surface area (TPSA) is 32.5 Å². The molecule has 0 aromatic heterocycles. The molecular weight excluding hydrogens is 253 g/mol.